The third kappa shape index (κ3) is 4.43. The van der Waals surface area contributed by atoms with Gasteiger partial charge in [-0.25, -0.2) is 10.0 Å². The van der Waals surface area contributed by atoms with Gasteiger partial charge in [-0.2, -0.15) is 10.2 Å². The lowest BCUT2D eigenvalue weighted by Gasteiger charge is -2.27. The number of carbonyl (C=O) groups is 1. The molecule has 0 saturated heterocycles. The molecule has 0 bridgehead atoms. The number of nitrogens with zero attached hydrogens (tertiary/aromatic N) is 6. The van der Waals surface area contributed by atoms with E-state index in [4.69, 9.17) is 5.73 Å². The number of amides is 1. The Morgan fingerprint density at radius 2 is 1.95 bits per heavy atom. The molecule has 0 spiro atoms. The average Bonchev–Trinajstić information content (AvgIpc) is 3.53. The van der Waals surface area contributed by atoms with Gasteiger partial charge in [0.25, 0.3) is 11.5 Å². The van der Waals surface area contributed by atoms with Crippen molar-refractivity contribution in [1.82, 2.24) is 24.7 Å². The fourth-order valence-electron chi connectivity index (χ4n) is 5.00. The van der Waals surface area contributed by atoms with Crippen LogP contribution in [0.15, 0.2) is 94.0 Å². The topological polar surface area (TPSA) is 123 Å². The highest BCUT2D eigenvalue weighted by Gasteiger charge is 2.39. The van der Waals surface area contributed by atoms with Gasteiger partial charge >= 0.3 is 0 Å². The van der Waals surface area contributed by atoms with Crippen LogP contribution in [-0.4, -0.2) is 49.5 Å². The van der Waals surface area contributed by atoms with Crippen molar-refractivity contribution in [3.05, 3.63) is 106 Å². The molecule has 2 aromatic heterocycles. The van der Waals surface area contributed by atoms with Crippen LogP contribution in [0.25, 0.3) is 16.5 Å². The fourth-order valence-corrected chi connectivity index (χ4v) is 5.00. The van der Waals surface area contributed by atoms with Crippen LogP contribution in [0.1, 0.15) is 29.8 Å². The predicted octanol–water partition coefficient (Wildman–Crippen LogP) is 2.22. The maximum atomic E-state index is 14.2. The fraction of sp³-hybridized carbons (Fsp3) is 0.167. The molecule has 2 aliphatic heterocycles. The summed E-state index contributed by atoms with van der Waals surface area (Å²) in [5, 5.41) is 14.3. The minimum Gasteiger partial charge on any atom is -0.385 e. The first-order valence-corrected chi connectivity index (χ1v) is 12.8. The van der Waals surface area contributed by atoms with Crippen LogP contribution in [0.5, 0.6) is 0 Å². The summed E-state index contributed by atoms with van der Waals surface area (Å²) in [6, 6.07) is 15.4. The number of para-hydroxylation sites is 1. The Bertz CT molecular complexity index is 1840. The monoisotopic (exact) mass is 530 g/mol. The number of hydrazone groups is 1. The van der Waals surface area contributed by atoms with E-state index in [1.54, 1.807) is 32.7 Å². The summed E-state index contributed by atoms with van der Waals surface area (Å²) in [6.07, 6.45) is 8.27. The number of benzene rings is 2. The summed E-state index contributed by atoms with van der Waals surface area (Å²) >= 11 is 0. The summed E-state index contributed by atoms with van der Waals surface area (Å²) < 4.78 is 3.30. The first kappa shape index (κ1) is 24.9. The molecule has 10 nitrogen and oxygen atoms in total. The van der Waals surface area contributed by atoms with Crippen LogP contribution in [0.4, 0.5) is 0 Å². The van der Waals surface area contributed by atoms with Crippen molar-refractivity contribution in [2.24, 2.45) is 22.9 Å². The summed E-state index contributed by atoms with van der Waals surface area (Å²) in [5.41, 5.74) is 8.54. The van der Waals surface area contributed by atoms with Gasteiger partial charge in [0.2, 0.25) is 0 Å². The number of amidine groups is 1. The van der Waals surface area contributed by atoms with Gasteiger partial charge in [-0.1, -0.05) is 42.2 Å². The highest BCUT2D eigenvalue weighted by Crippen LogP contribution is 2.25. The van der Waals surface area contributed by atoms with Gasteiger partial charge in [0.1, 0.15) is 5.84 Å². The Morgan fingerprint density at radius 1 is 1.12 bits per heavy atom. The minimum atomic E-state index is -0.847. The maximum absolute atomic E-state index is 14.2. The van der Waals surface area contributed by atoms with Gasteiger partial charge in [0.15, 0.2) is 12.2 Å². The molecule has 0 radical (unpaired) electrons. The SMILES string of the molecule is CC(NC(=O)C1C(N)=NC2C=CC=NN21)c1cc2cccc(C#Cc3cnn(C)c3)c2c(=O)n1-c1ccccc1. The van der Waals surface area contributed by atoms with E-state index in [2.05, 4.69) is 32.4 Å². The first-order valence-electron chi connectivity index (χ1n) is 12.8. The molecule has 2 aliphatic rings. The molecule has 2 aromatic carbocycles. The van der Waals surface area contributed by atoms with Gasteiger partial charge in [0.05, 0.1) is 23.2 Å². The van der Waals surface area contributed by atoms with Crippen LogP contribution in [0, 0.1) is 11.8 Å². The second kappa shape index (κ2) is 10.0. The van der Waals surface area contributed by atoms with E-state index < -0.39 is 18.2 Å². The third-order valence-electron chi connectivity index (χ3n) is 6.85. The summed E-state index contributed by atoms with van der Waals surface area (Å²) in [5.74, 6) is 6.08. The van der Waals surface area contributed by atoms with E-state index in [0.717, 1.165) is 10.9 Å². The van der Waals surface area contributed by atoms with E-state index in [9.17, 15) is 9.59 Å². The second-order valence-corrected chi connectivity index (χ2v) is 9.60. The van der Waals surface area contributed by atoms with Crippen molar-refractivity contribution in [3.63, 3.8) is 0 Å². The van der Waals surface area contributed by atoms with E-state index in [1.807, 2.05) is 80.8 Å². The number of fused-ring (bicyclic) bond motifs is 2. The Kier molecular flexibility index (Phi) is 6.24. The summed E-state index contributed by atoms with van der Waals surface area (Å²) in [4.78, 5) is 32.0. The van der Waals surface area contributed by atoms with Crippen molar-refractivity contribution in [1.29, 1.82) is 0 Å². The molecular formula is C30H26N8O2. The Morgan fingerprint density at radius 3 is 2.73 bits per heavy atom. The maximum Gasteiger partial charge on any atom is 0.264 e. The third-order valence-corrected chi connectivity index (χ3v) is 6.85. The number of nitrogens with one attached hydrogen (secondary N) is 1. The number of allylic oxidation sites excluding steroid dienone is 1. The van der Waals surface area contributed by atoms with Gasteiger partial charge in [0, 0.05) is 36.4 Å². The van der Waals surface area contributed by atoms with Crippen molar-refractivity contribution < 1.29 is 4.79 Å². The standard InChI is InChI=1S/C30H26N8O2/c1-19(34-29(39)27-28(31)35-25-12-7-15-32-38(25)27)24-16-22-9-6-8-21(14-13-20-17-33-36(2)18-20)26(22)30(40)37(24)23-10-4-3-5-11-23/h3-12,15-19,25,27H,1-2H3,(H2,31,35)(H,34,39). The van der Waals surface area contributed by atoms with Crippen LogP contribution < -0.4 is 16.6 Å². The minimum absolute atomic E-state index is 0.189. The molecule has 3 atom stereocenters. The number of aryl methyl sites for hydroxylation is 1. The van der Waals surface area contributed by atoms with Gasteiger partial charge < -0.3 is 11.1 Å². The van der Waals surface area contributed by atoms with Crippen molar-refractivity contribution in [3.8, 4) is 17.5 Å². The molecule has 0 aliphatic carbocycles. The number of carbonyl (C=O) groups excluding carboxylic acids is 1. The lowest BCUT2D eigenvalue weighted by molar-refractivity contribution is -0.124. The zero-order valence-corrected chi connectivity index (χ0v) is 21.9. The lowest BCUT2D eigenvalue weighted by Crippen LogP contribution is -2.51. The number of nitrogens with two attached hydrogens (primary N) is 1. The number of hydrogen-bond acceptors (Lipinski definition) is 7. The van der Waals surface area contributed by atoms with Gasteiger partial charge in [-0.3, -0.25) is 18.8 Å². The highest BCUT2D eigenvalue weighted by atomic mass is 16.2. The molecule has 1 amide bonds. The molecule has 198 valence electrons. The van der Waals surface area contributed by atoms with Crippen molar-refractivity contribution in [2.45, 2.75) is 25.2 Å². The Labute approximate surface area is 230 Å². The zero-order valence-electron chi connectivity index (χ0n) is 21.9. The lowest BCUT2D eigenvalue weighted by atomic mass is 10.0. The van der Waals surface area contributed by atoms with Crippen LogP contribution >= 0.6 is 0 Å². The average molecular weight is 531 g/mol. The van der Waals surface area contributed by atoms with Crippen molar-refractivity contribution in [2.75, 3.05) is 0 Å². The second-order valence-electron chi connectivity index (χ2n) is 9.60. The summed E-state index contributed by atoms with van der Waals surface area (Å²) in [7, 11) is 1.83. The molecule has 3 N–H and O–H groups in total. The van der Waals surface area contributed by atoms with Crippen LogP contribution in [-0.2, 0) is 11.8 Å². The van der Waals surface area contributed by atoms with Crippen LogP contribution in [0.3, 0.4) is 0 Å². The Balaban J connectivity index is 1.43. The number of pyridine rings is 1. The van der Waals surface area contributed by atoms with E-state index in [0.29, 0.717) is 22.3 Å². The Hall–Kier alpha value is -5.43. The van der Waals surface area contributed by atoms with Gasteiger partial charge in [-0.05, 0) is 48.7 Å². The largest absolute Gasteiger partial charge is 0.385 e. The van der Waals surface area contributed by atoms with Crippen LogP contribution in [0.2, 0.25) is 0 Å². The molecular weight excluding hydrogens is 504 g/mol. The van der Waals surface area contributed by atoms with Crippen molar-refractivity contribution >= 4 is 28.7 Å². The number of hydrogen-bond donors (Lipinski definition) is 2. The number of aliphatic imine (C=N–C) groups is 1. The molecule has 0 fully saturated rings. The smallest absolute Gasteiger partial charge is 0.264 e. The van der Waals surface area contributed by atoms with E-state index in [-0.39, 0.29) is 17.3 Å². The molecule has 4 heterocycles. The normalized spacial score (nSPS) is 18.1. The van der Waals surface area contributed by atoms with E-state index >= 15 is 0 Å². The molecule has 40 heavy (non-hydrogen) atoms. The number of rotatable bonds is 4. The quantitative estimate of drug-likeness (QED) is 0.392. The van der Waals surface area contributed by atoms with E-state index in [1.165, 1.54) is 0 Å². The molecule has 0 saturated carbocycles. The predicted molar refractivity (Wildman–Crippen MR) is 154 cm³/mol. The molecule has 10 heteroatoms. The van der Waals surface area contributed by atoms with Gasteiger partial charge in [-0.15, -0.1) is 0 Å². The zero-order chi connectivity index (χ0) is 27.8. The summed E-state index contributed by atoms with van der Waals surface area (Å²) in [6.45, 7) is 1.84. The highest BCUT2D eigenvalue weighted by molar-refractivity contribution is 6.08. The molecule has 6 rings (SSSR count). The molecule has 4 aromatic rings. The first-order chi connectivity index (χ1) is 19.4. The molecule has 3 unspecified atom stereocenters. The number of aromatic nitrogens is 3.